The summed E-state index contributed by atoms with van der Waals surface area (Å²) in [6.45, 7) is 3.04. The van der Waals surface area contributed by atoms with Crippen molar-refractivity contribution in [1.29, 1.82) is 0 Å². The Morgan fingerprint density at radius 3 is 2.87 bits per heavy atom. The molecule has 6 rings (SSSR count). The van der Waals surface area contributed by atoms with Crippen LogP contribution < -0.4 is 18.9 Å². The highest BCUT2D eigenvalue weighted by Crippen LogP contribution is 2.42. The smallest absolute Gasteiger partial charge is 0.231 e. The lowest BCUT2D eigenvalue weighted by Crippen LogP contribution is -2.37. The summed E-state index contributed by atoms with van der Waals surface area (Å²) >= 11 is 0. The number of carbonyl (C=O) groups excluding carboxylic acids is 1. The number of ketones is 1. The molecule has 4 aliphatic rings. The minimum absolute atomic E-state index is 0.123. The van der Waals surface area contributed by atoms with E-state index in [4.69, 9.17) is 23.7 Å². The molecule has 0 N–H and O–H groups in total. The van der Waals surface area contributed by atoms with E-state index in [0.29, 0.717) is 41.8 Å². The number of carbonyl (C=O) groups is 1. The van der Waals surface area contributed by atoms with Crippen LogP contribution in [0.25, 0.3) is 6.08 Å². The highest BCUT2D eigenvalue weighted by Gasteiger charge is 2.34. The monoisotopic (exact) mass is 407 g/mol. The molecule has 2 aromatic carbocycles. The van der Waals surface area contributed by atoms with Gasteiger partial charge in [-0.15, -0.1) is 0 Å². The molecule has 1 saturated heterocycles. The van der Waals surface area contributed by atoms with Crippen molar-refractivity contribution in [2.75, 3.05) is 26.7 Å². The number of fused-ring (bicyclic) bond motifs is 4. The van der Waals surface area contributed by atoms with Crippen LogP contribution in [0.5, 0.6) is 23.0 Å². The topological polar surface area (TPSA) is 66.5 Å². The fraction of sp³-hybridized carbons (Fsp3) is 0.348. The van der Waals surface area contributed by atoms with Crippen LogP contribution in [0.15, 0.2) is 36.1 Å². The molecule has 7 nitrogen and oxygen atoms in total. The molecular formula is C23H21NO6. The zero-order valence-corrected chi connectivity index (χ0v) is 16.4. The molecule has 30 heavy (non-hydrogen) atoms. The van der Waals surface area contributed by atoms with E-state index in [1.54, 1.807) is 12.1 Å². The predicted molar refractivity (Wildman–Crippen MR) is 107 cm³/mol. The Bertz CT molecular complexity index is 1060. The maximum absolute atomic E-state index is 13.0. The molecule has 1 atom stereocenters. The molecule has 0 radical (unpaired) electrons. The second-order valence-electron chi connectivity index (χ2n) is 7.89. The van der Waals surface area contributed by atoms with Crippen LogP contribution in [0.4, 0.5) is 0 Å². The Morgan fingerprint density at radius 2 is 1.97 bits per heavy atom. The number of ether oxygens (including phenoxy) is 5. The molecule has 4 aliphatic heterocycles. The lowest BCUT2D eigenvalue weighted by atomic mass is 10.0. The summed E-state index contributed by atoms with van der Waals surface area (Å²) in [7, 11) is 0. The summed E-state index contributed by atoms with van der Waals surface area (Å²) in [5.41, 5.74) is 2.31. The van der Waals surface area contributed by atoms with Gasteiger partial charge in [0.2, 0.25) is 12.6 Å². The highest BCUT2D eigenvalue weighted by molar-refractivity contribution is 6.15. The lowest BCUT2D eigenvalue weighted by molar-refractivity contribution is 0.0274. The minimum Gasteiger partial charge on any atom is -0.478 e. The predicted octanol–water partition coefficient (Wildman–Crippen LogP) is 3.36. The van der Waals surface area contributed by atoms with Crippen LogP contribution in [0.2, 0.25) is 0 Å². The SMILES string of the molecule is O=C1C(=Cc2ccc3c(c2)OCO3)Oc2c1ccc1c2CN(C[C@H]2CCCO2)CO1. The first-order chi connectivity index (χ1) is 14.7. The van der Waals surface area contributed by atoms with Crippen LogP contribution in [-0.4, -0.2) is 43.5 Å². The van der Waals surface area contributed by atoms with Gasteiger partial charge in [-0.3, -0.25) is 9.69 Å². The van der Waals surface area contributed by atoms with Crippen molar-refractivity contribution in [2.24, 2.45) is 0 Å². The van der Waals surface area contributed by atoms with Gasteiger partial charge in [0.1, 0.15) is 18.2 Å². The van der Waals surface area contributed by atoms with E-state index in [9.17, 15) is 4.79 Å². The highest BCUT2D eigenvalue weighted by atomic mass is 16.7. The van der Waals surface area contributed by atoms with Crippen molar-refractivity contribution in [3.05, 3.63) is 52.8 Å². The number of nitrogens with zero attached hydrogens (tertiary/aromatic N) is 1. The third-order valence-electron chi connectivity index (χ3n) is 5.86. The summed E-state index contributed by atoms with van der Waals surface area (Å²) in [4.78, 5) is 15.2. The van der Waals surface area contributed by atoms with E-state index in [-0.39, 0.29) is 18.7 Å². The van der Waals surface area contributed by atoms with E-state index in [1.807, 2.05) is 24.3 Å². The molecule has 1 fully saturated rings. The molecule has 4 heterocycles. The summed E-state index contributed by atoms with van der Waals surface area (Å²) in [5, 5.41) is 0. The minimum atomic E-state index is -0.123. The van der Waals surface area contributed by atoms with Crippen LogP contribution in [0.3, 0.4) is 0 Å². The van der Waals surface area contributed by atoms with Gasteiger partial charge in [0.15, 0.2) is 17.3 Å². The third-order valence-corrected chi connectivity index (χ3v) is 5.86. The van der Waals surface area contributed by atoms with Crippen molar-refractivity contribution >= 4 is 11.9 Å². The fourth-order valence-corrected chi connectivity index (χ4v) is 4.35. The number of allylic oxidation sites excluding steroid dienone is 1. The average Bonchev–Trinajstić information content (AvgIpc) is 3.50. The van der Waals surface area contributed by atoms with E-state index in [1.165, 1.54) is 0 Å². The summed E-state index contributed by atoms with van der Waals surface area (Å²) in [6.07, 6.45) is 4.17. The Kier molecular flexibility index (Phi) is 4.17. The molecule has 0 aliphatic carbocycles. The van der Waals surface area contributed by atoms with Gasteiger partial charge in [-0.2, -0.15) is 0 Å². The number of rotatable bonds is 3. The number of benzene rings is 2. The normalized spacial score (nSPS) is 23.3. The fourth-order valence-electron chi connectivity index (χ4n) is 4.35. The first-order valence-corrected chi connectivity index (χ1v) is 10.2. The number of hydrogen-bond acceptors (Lipinski definition) is 7. The molecule has 0 aromatic heterocycles. The van der Waals surface area contributed by atoms with E-state index in [0.717, 1.165) is 42.9 Å². The molecule has 0 amide bonds. The average molecular weight is 407 g/mol. The van der Waals surface area contributed by atoms with Crippen LogP contribution in [0.1, 0.15) is 34.3 Å². The molecule has 0 unspecified atom stereocenters. The van der Waals surface area contributed by atoms with Crippen molar-refractivity contribution in [1.82, 2.24) is 4.90 Å². The van der Waals surface area contributed by atoms with Gasteiger partial charge in [-0.25, -0.2) is 0 Å². The van der Waals surface area contributed by atoms with Gasteiger partial charge in [-0.1, -0.05) is 6.07 Å². The van der Waals surface area contributed by atoms with E-state index >= 15 is 0 Å². The zero-order valence-electron chi connectivity index (χ0n) is 16.4. The molecule has 0 bridgehead atoms. The molecule has 0 spiro atoms. The lowest BCUT2D eigenvalue weighted by Gasteiger charge is -2.31. The van der Waals surface area contributed by atoms with Crippen molar-refractivity contribution in [3.63, 3.8) is 0 Å². The maximum atomic E-state index is 13.0. The second kappa shape index (κ2) is 7.04. The first kappa shape index (κ1) is 17.8. The Hall–Kier alpha value is -3.03. The molecular weight excluding hydrogens is 386 g/mol. The van der Waals surface area contributed by atoms with Gasteiger partial charge >= 0.3 is 0 Å². The molecule has 0 saturated carbocycles. The van der Waals surface area contributed by atoms with Gasteiger partial charge in [0.05, 0.1) is 17.2 Å². The Morgan fingerprint density at radius 1 is 1.07 bits per heavy atom. The van der Waals surface area contributed by atoms with Crippen molar-refractivity contribution < 1.29 is 28.5 Å². The van der Waals surface area contributed by atoms with E-state index < -0.39 is 0 Å². The van der Waals surface area contributed by atoms with Gasteiger partial charge in [0, 0.05) is 19.7 Å². The van der Waals surface area contributed by atoms with Crippen LogP contribution in [0, 0.1) is 0 Å². The summed E-state index contributed by atoms with van der Waals surface area (Å²) in [5.74, 6) is 2.92. The Balaban J connectivity index is 1.27. The summed E-state index contributed by atoms with van der Waals surface area (Å²) < 4.78 is 28.5. The quantitative estimate of drug-likeness (QED) is 0.723. The number of hydrogen-bond donors (Lipinski definition) is 0. The summed E-state index contributed by atoms with van der Waals surface area (Å²) in [6, 6.07) is 9.20. The largest absolute Gasteiger partial charge is 0.478 e. The van der Waals surface area contributed by atoms with Gasteiger partial charge in [-0.05, 0) is 48.7 Å². The van der Waals surface area contributed by atoms with Gasteiger partial charge < -0.3 is 23.7 Å². The van der Waals surface area contributed by atoms with Crippen LogP contribution in [-0.2, 0) is 11.3 Å². The molecule has 154 valence electrons. The first-order valence-electron chi connectivity index (χ1n) is 10.2. The number of Topliss-reactive ketones (excluding diaryl/α,β-unsaturated/α-hetero) is 1. The van der Waals surface area contributed by atoms with Crippen molar-refractivity contribution in [3.8, 4) is 23.0 Å². The maximum Gasteiger partial charge on any atom is 0.231 e. The molecule has 7 heteroatoms. The van der Waals surface area contributed by atoms with Crippen LogP contribution >= 0.6 is 0 Å². The van der Waals surface area contributed by atoms with Crippen molar-refractivity contribution in [2.45, 2.75) is 25.5 Å². The Labute approximate surface area is 173 Å². The third kappa shape index (κ3) is 3.02. The molecule has 2 aromatic rings. The van der Waals surface area contributed by atoms with Gasteiger partial charge in [0.25, 0.3) is 0 Å². The second-order valence-corrected chi connectivity index (χ2v) is 7.89. The zero-order chi connectivity index (χ0) is 20.1. The van der Waals surface area contributed by atoms with E-state index in [2.05, 4.69) is 4.90 Å². The standard InChI is InChI=1S/C23H21NO6/c25-22-16-4-6-18-17(11-24(12-27-18)10-15-2-1-7-26-15)23(16)30-21(22)9-14-3-5-19-20(8-14)29-13-28-19/h3-6,8-9,15H,1-2,7,10-13H2/t15-/m1/s1.